The van der Waals surface area contributed by atoms with Crippen LogP contribution in [0.15, 0.2) is 5.38 Å². The summed E-state index contributed by atoms with van der Waals surface area (Å²) in [4.78, 5) is 18.8. The van der Waals surface area contributed by atoms with Gasteiger partial charge in [0.1, 0.15) is 10.7 Å². The summed E-state index contributed by atoms with van der Waals surface area (Å²) in [5, 5.41) is 5.60. The molecule has 0 saturated carbocycles. The molecule has 2 atom stereocenters. The van der Waals surface area contributed by atoms with Crippen molar-refractivity contribution < 1.29 is 4.79 Å². The van der Waals surface area contributed by atoms with Crippen molar-refractivity contribution in [1.82, 2.24) is 15.2 Å². The van der Waals surface area contributed by atoms with E-state index in [1.54, 1.807) is 5.38 Å². The first kappa shape index (κ1) is 15.4. The summed E-state index contributed by atoms with van der Waals surface area (Å²) in [5.41, 5.74) is 6.24. The molecule has 0 aromatic carbocycles. The average molecular weight is 296 g/mol. The number of aromatic nitrogens is 1. The van der Waals surface area contributed by atoms with Gasteiger partial charge >= 0.3 is 0 Å². The molecule has 1 saturated heterocycles. The number of hydrogen-bond donors (Lipinski definition) is 2. The van der Waals surface area contributed by atoms with Gasteiger partial charge in [-0.05, 0) is 39.8 Å². The second kappa shape index (κ2) is 7.15. The fourth-order valence-electron chi connectivity index (χ4n) is 2.47. The molecule has 0 radical (unpaired) electrons. The highest BCUT2D eigenvalue weighted by molar-refractivity contribution is 7.09. The Balaban J connectivity index is 1.83. The van der Waals surface area contributed by atoms with E-state index in [2.05, 4.69) is 15.2 Å². The van der Waals surface area contributed by atoms with E-state index in [0.29, 0.717) is 5.69 Å². The second-order valence-corrected chi connectivity index (χ2v) is 6.49. The Morgan fingerprint density at radius 1 is 1.45 bits per heavy atom. The predicted molar refractivity (Wildman–Crippen MR) is 81.9 cm³/mol. The first-order chi connectivity index (χ1) is 9.56. The summed E-state index contributed by atoms with van der Waals surface area (Å²) >= 11 is 1.44. The number of carbonyl (C=O) groups excluding carboxylic acids is 1. The van der Waals surface area contributed by atoms with Crippen molar-refractivity contribution in [2.45, 2.75) is 45.2 Å². The van der Waals surface area contributed by atoms with E-state index in [1.165, 1.54) is 30.6 Å². The summed E-state index contributed by atoms with van der Waals surface area (Å²) in [6.45, 7) is 7.12. The van der Waals surface area contributed by atoms with Crippen LogP contribution in [0, 0.1) is 0 Å². The number of nitrogens with zero attached hydrogens (tertiary/aromatic N) is 2. The topological polar surface area (TPSA) is 71.2 Å². The van der Waals surface area contributed by atoms with Crippen LogP contribution in [-0.2, 0) is 0 Å². The number of nitrogens with two attached hydrogens (primary N) is 1. The first-order valence-electron chi connectivity index (χ1n) is 7.30. The number of piperidine rings is 1. The Morgan fingerprint density at radius 3 is 2.75 bits per heavy atom. The third kappa shape index (κ3) is 4.26. The summed E-state index contributed by atoms with van der Waals surface area (Å²) in [6.07, 6.45) is 3.87. The number of likely N-dealkylation sites (tertiary alicyclic amines) is 1. The highest BCUT2D eigenvalue weighted by Crippen LogP contribution is 2.16. The van der Waals surface area contributed by atoms with Gasteiger partial charge in [0.25, 0.3) is 5.91 Å². The van der Waals surface area contributed by atoms with Gasteiger partial charge in [0.05, 0.1) is 6.04 Å². The Hall–Kier alpha value is -0.980. The van der Waals surface area contributed by atoms with E-state index < -0.39 is 0 Å². The maximum Gasteiger partial charge on any atom is 0.271 e. The predicted octanol–water partition coefficient (Wildman–Crippen LogP) is 1.77. The van der Waals surface area contributed by atoms with Gasteiger partial charge in [-0.25, -0.2) is 4.98 Å². The molecule has 1 aromatic rings. The molecule has 1 amide bonds. The summed E-state index contributed by atoms with van der Waals surface area (Å²) in [7, 11) is 0. The lowest BCUT2D eigenvalue weighted by atomic mass is 10.1. The maximum atomic E-state index is 12.1. The molecular formula is C14H24N4OS. The van der Waals surface area contributed by atoms with Crippen LogP contribution in [0.2, 0.25) is 0 Å². The highest BCUT2D eigenvalue weighted by atomic mass is 32.1. The van der Waals surface area contributed by atoms with E-state index in [1.807, 2.05) is 13.8 Å². The standard InChI is InChI=1S/C14H24N4OS/c1-10(8-18-6-4-3-5-7-18)16-13(19)12-9-20-14(17-12)11(2)15/h9-11H,3-8,15H2,1-2H3,(H,16,19). The molecule has 0 aliphatic carbocycles. The number of carbonyl (C=O) groups is 1. The zero-order chi connectivity index (χ0) is 14.5. The molecule has 2 unspecified atom stereocenters. The minimum Gasteiger partial charge on any atom is -0.347 e. The molecule has 1 fully saturated rings. The molecule has 2 heterocycles. The average Bonchev–Trinajstić information content (AvgIpc) is 2.89. The van der Waals surface area contributed by atoms with Gasteiger partial charge in [0, 0.05) is 18.0 Å². The largest absolute Gasteiger partial charge is 0.347 e. The summed E-state index contributed by atoms with van der Waals surface area (Å²) in [6, 6.07) is 0.0216. The third-order valence-corrected chi connectivity index (χ3v) is 4.55. The normalized spacial score (nSPS) is 19.6. The van der Waals surface area contributed by atoms with Crippen molar-refractivity contribution in [3.8, 4) is 0 Å². The van der Waals surface area contributed by atoms with Crippen LogP contribution in [0.3, 0.4) is 0 Å². The molecule has 1 aliphatic rings. The SMILES string of the molecule is CC(CN1CCCCC1)NC(=O)c1csc(C(C)N)n1. The first-order valence-corrected chi connectivity index (χ1v) is 8.18. The Kier molecular flexibility index (Phi) is 5.51. The van der Waals surface area contributed by atoms with Crippen molar-refractivity contribution in [1.29, 1.82) is 0 Å². The molecule has 20 heavy (non-hydrogen) atoms. The lowest BCUT2D eigenvalue weighted by molar-refractivity contribution is 0.0921. The minimum absolute atomic E-state index is 0.0994. The Morgan fingerprint density at radius 2 is 2.15 bits per heavy atom. The van der Waals surface area contributed by atoms with Crippen LogP contribution in [0.5, 0.6) is 0 Å². The fourth-order valence-corrected chi connectivity index (χ4v) is 3.23. The van der Waals surface area contributed by atoms with Gasteiger partial charge in [-0.3, -0.25) is 4.79 Å². The molecular weight excluding hydrogens is 272 g/mol. The molecule has 112 valence electrons. The number of thiazole rings is 1. The van der Waals surface area contributed by atoms with Crippen LogP contribution < -0.4 is 11.1 Å². The van der Waals surface area contributed by atoms with Crippen LogP contribution in [-0.4, -0.2) is 41.5 Å². The van der Waals surface area contributed by atoms with Crippen molar-refractivity contribution in [3.05, 3.63) is 16.1 Å². The van der Waals surface area contributed by atoms with E-state index in [9.17, 15) is 4.79 Å². The van der Waals surface area contributed by atoms with E-state index in [-0.39, 0.29) is 18.0 Å². The van der Waals surface area contributed by atoms with Crippen molar-refractivity contribution in [3.63, 3.8) is 0 Å². The van der Waals surface area contributed by atoms with Gasteiger partial charge < -0.3 is 16.0 Å². The zero-order valence-corrected chi connectivity index (χ0v) is 13.1. The monoisotopic (exact) mass is 296 g/mol. The molecule has 6 heteroatoms. The number of rotatable bonds is 5. The third-order valence-electron chi connectivity index (χ3n) is 3.50. The fraction of sp³-hybridized carbons (Fsp3) is 0.714. The lowest BCUT2D eigenvalue weighted by Crippen LogP contribution is -2.43. The molecule has 2 rings (SSSR count). The van der Waals surface area contributed by atoms with E-state index in [0.717, 1.165) is 24.6 Å². The van der Waals surface area contributed by atoms with Crippen LogP contribution in [0.4, 0.5) is 0 Å². The molecule has 0 spiro atoms. The van der Waals surface area contributed by atoms with Gasteiger partial charge in [0.15, 0.2) is 0 Å². The molecule has 5 nitrogen and oxygen atoms in total. The van der Waals surface area contributed by atoms with E-state index >= 15 is 0 Å². The number of hydrogen-bond acceptors (Lipinski definition) is 5. The number of amides is 1. The van der Waals surface area contributed by atoms with Gasteiger partial charge in [-0.1, -0.05) is 6.42 Å². The second-order valence-electron chi connectivity index (χ2n) is 5.60. The molecule has 1 aliphatic heterocycles. The van der Waals surface area contributed by atoms with Gasteiger partial charge in [-0.2, -0.15) is 0 Å². The van der Waals surface area contributed by atoms with Crippen molar-refractivity contribution >= 4 is 17.2 Å². The summed E-state index contributed by atoms with van der Waals surface area (Å²) < 4.78 is 0. The highest BCUT2D eigenvalue weighted by Gasteiger charge is 2.17. The summed E-state index contributed by atoms with van der Waals surface area (Å²) in [5.74, 6) is -0.0994. The van der Waals surface area contributed by atoms with Crippen LogP contribution in [0.25, 0.3) is 0 Å². The smallest absolute Gasteiger partial charge is 0.271 e. The maximum absolute atomic E-state index is 12.1. The van der Waals surface area contributed by atoms with E-state index in [4.69, 9.17) is 5.73 Å². The van der Waals surface area contributed by atoms with Crippen molar-refractivity contribution in [2.24, 2.45) is 5.73 Å². The zero-order valence-electron chi connectivity index (χ0n) is 12.3. The number of nitrogens with one attached hydrogen (secondary N) is 1. The quantitative estimate of drug-likeness (QED) is 0.868. The lowest BCUT2D eigenvalue weighted by Gasteiger charge is -2.29. The molecule has 3 N–H and O–H groups in total. The minimum atomic E-state index is -0.118. The van der Waals surface area contributed by atoms with Crippen LogP contribution in [0.1, 0.15) is 54.6 Å². The Bertz CT molecular complexity index is 440. The van der Waals surface area contributed by atoms with Crippen LogP contribution >= 0.6 is 11.3 Å². The van der Waals surface area contributed by atoms with Gasteiger partial charge in [0.2, 0.25) is 0 Å². The van der Waals surface area contributed by atoms with Gasteiger partial charge in [-0.15, -0.1) is 11.3 Å². The van der Waals surface area contributed by atoms with Crippen molar-refractivity contribution in [2.75, 3.05) is 19.6 Å². The Labute approximate surface area is 124 Å². The molecule has 1 aromatic heterocycles. The molecule has 0 bridgehead atoms.